The molecule has 2 aromatic carbocycles. The van der Waals surface area contributed by atoms with E-state index < -0.39 is 0 Å². The predicted octanol–water partition coefficient (Wildman–Crippen LogP) is 3.17. The number of nitrogens with zero attached hydrogens (tertiary/aromatic N) is 4. The van der Waals surface area contributed by atoms with E-state index in [-0.39, 0.29) is 6.23 Å². The van der Waals surface area contributed by atoms with Gasteiger partial charge in [0.1, 0.15) is 11.4 Å². The van der Waals surface area contributed by atoms with Crippen molar-refractivity contribution in [3.63, 3.8) is 0 Å². The van der Waals surface area contributed by atoms with Crippen LogP contribution in [-0.2, 0) is 17.8 Å². The highest BCUT2D eigenvalue weighted by Crippen LogP contribution is 2.27. The lowest BCUT2D eigenvalue weighted by atomic mass is 10.1. The van der Waals surface area contributed by atoms with Crippen molar-refractivity contribution in [3.8, 4) is 5.75 Å². The third-order valence-electron chi connectivity index (χ3n) is 4.78. The Morgan fingerprint density at radius 3 is 2.78 bits per heavy atom. The van der Waals surface area contributed by atoms with Gasteiger partial charge in [-0.05, 0) is 30.2 Å². The first-order valence-corrected chi connectivity index (χ1v) is 9.15. The molecule has 0 aliphatic carbocycles. The molecule has 2 heterocycles. The molecule has 27 heavy (non-hydrogen) atoms. The van der Waals surface area contributed by atoms with Crippen LogP contribution in [0.15, 0.2) is 54.7 Å². The van der Waals surface area contributed by atoms with Gasteiger partial charge in [-0.2, -0.15) is 0 Å². The van der Waals surface area contributed by atoms with E-state index in [0.29, 0.717) is 13.2 Å². The number of hydrogen-bond acceptors (Lipinski definition) is 5. The summed E-state index contributed by atoms with van der Waals surface area (Å²) in [6.07, 6.45) is 1.82. The summed E-state index contributed by atoms with van der Waals surface area (Å²) in [6.45, 7) is 5.19. The maximum Gasteiger partial charge on any atom is 0.157 e. The minimum Gasteiger partial charge on any atom is -0.497 e. The van der Waals surface area contributed by atoms with E-state index in [1.165, 1.54) is 11.1 Å². The van der Waals surface area contributed by atoms with Crippen LogP contribution in [0, 0.1) is 6.92 Å². The van der Waals surface area contributed by atoms with Gasteiger partial charge in [-0.15, -0.1) is 5.10 Å². The maximum absolute atomic E-state index is 5.94. The zero-order valence-electron chi connectivity index (χ0n) is 15.7. The van der Waals surface area contributed by atoms with Crippen molar-refractivity contribution in [3.05, 3.63) is 77.1 Å². The first kappa shape index (κ1) is 17.7. The molecule has 1 fully saturated rings. The number of methoxy groups -OCH3 is 1. The van der Waals surface area contributed by atoms with Crippen molar-refractivity contribution >= 4 is 0 Å². The van der Waals surface area contributed by atoms with Gasteiger partial charge in [0.2, 0.25) is 0 Å². The summed E-state index contributed by atoms with van der Waals surface area (Å²) in [5.41, 5.74) is 4.52. The second-order valence-corrected chi connectivity index (χ2v) is 6.87. The Balaban J connectivity index is 1.45. The Hall–Kier alpha value is -2.70. The molecule has 0 radical (unpaired) electrons. The first-order chi connectivity index (χ1) is 13.2. The Morgan fingerprint density at radius 2 is 1.96 bits per heavy atom. The van der Waals surface area contributed by atoms with E-state index in [9.17, 15) is 0 Å². The van der Waals surface area contributed by atoms with E-state index in [2.05, 4.69) is 52.5 Å². The summed E-state index contributed by atoms with van der Waals surface area (Å²) in [4.78, 5) is 2.30. The lowest BCUT2D eigenvalue weighted by Gasteiger charge is -2.21. The van der Waals surface area contributed by atoms with Crippen LogP contribution >= 0.6 is 0 Å². The topological polar surface area (TPSA) is 52.4 Å². The lowest BCUT2D eigenvalue weighted by Crippen LogP contribution is -2.23. The van der Waals surface area contributed by atoms with Crippen molar-refractivity contribution in [2.75, 3.05) is 20.3 Å². The van der Waals surface area contributed by atoms with Gasteiger partial charge in [-0.1, -0.05) is 47.2 Å². The van der Waals surface area contributed by atoms with E-state index in [1.54, 1.807) is 7.11 Å². The van der Waals surface area contributed by atoms with E-state index in [4.69, 9.17) is 9.47 Å². The quantitative estimate of drug-likeness (QED) is 0.672. The van der Waals surface area contributed by atoms with Crippen LogP contribution < -0.4 is 4.74 Å². The minimum atomic E-state index is -0.148. The van der Waals surface area contributed by atoms with Crippen LogP contribution in [0.2, 0.25) is 0 Å². The molecular formula is C21H24N4O2. The fraction of sp³-hybridized carbons (Fsp3) is 0.333. The highest BCUT2D eigenvalue weighted by molar-refractivity contribution is 5.28. The third kappa shape index (κ3) is 4.18. The van der Waals surface area contributed by atoms with Gasteiger partial charge in [-0.25, -0.2) is 4.68 Å². The summed E-state index contributed by atoms with van der Waals surface area (Å²) in [7, 11) is 1.67. The predicted molar refractivity (Wildman–Crippen MR) is 102 cm³/mol. The SMILES string of the molecule is COc1cccc(Cn2cc(C3OCCN3Cc3ccc(C)cc3)nn2)c1. The van der Waals surface area contributed by atoms with Crippen LogP contribution in [0.4, 0.5) is 0 Å². The van der Waals surface area contributed by atoms with Crippen LogP contribution in [0.3, 0.4) is 0 Å². The van der Waals surface area contributed by atoms with Gasteiger partial charge in [0.25, 0.3) is 0 Å². The fourth-order valence-electron chi connectivity index (χ4n) is 3.33. The maximum atomic E-state index is 5.94. The molecule has 1 aromatic heterocycles. The van der Waals surface area contributed by atoms with Gasteiger partial charge >= 0.3 is 0 Å². The first-order valence-electron chi connectivity index (χ1n) is 9.15. The molecule has 1 atom stereocenters. The molecular weight excluding hydrogens is 340 g/mol. The minimum absolute atomic E-state index is 0.148. The van der Waals surface area contributed by atoms with E-state index in [0.717, 1.165) is 30.1 Å². The Kier molecular flexibility index (Phi) is 5.18. The average Bonchev–Trinajstić information content (AvgIpc) is 3.33. The Bertz CT molecular complexity index is 891. The number of rotatable bonds is 6. The lowest BCUT2D eigenvalue weighted by molar-refractivity contribution is 0.0252. The van der Waals surface area contributed by atoms with Crippen molar-refractivity contribution in [2.24, 2.45) is 0 Å². The zero-order chi connectivity index (χ0) is 18.6. The average molecular weight is 364 g/mol. The van der Waals surface area contributed by atoms with Crippen LogP contribution in [0.25, 0.3) is 0 Å². The summed E-state index contributed by atoms with van der Waals surface area (Å²) >= 11 is 0. The van der Waals surface area contributed by atoms with Crippen molar-refractivity contribution in [2.45, 2.75) is 26.2 Å². The standard InChI is InChI=1S/C21H24N4O2/c1-16-6-8-17(9-7-16)13-24-10-11-27-21(24)20-15-25(23-22-20)14-18-4-3-5-19(12-18)26-2/h3-9,12,15,21H,10-11,13-14H2,1-2H3. The molecule has 0 spiro atoms. The van der Waals surface area contributed by atoms with Crippen LogP contribution in [0.5, 0.6) is 5.75 Å². The second kappa shape index (κ2) is 7.90. The van der Waals surface area contributed by atoms with Gasteiger partial charge in [0, 0.05) is 13.1 Å². The molecule has 6 nitrogen and oxygen atoms in total. The molecule has 0 amide bonds. The number of aryl methyl sites for hydroxylation is 1. The summed E-state index contributed by atoms with van der Waals surface area (Å²) in [5, 5.41) is 8.64. The summed E-state index contributed by atoms with van der Waals surface area (Å²) in [5.74, 6) is 0.844. The molecule has 0 N–H and O–H groups in total. The molecule has 140 valence electrons. The largest absolute Gasteiger partial charge is 0.497 e. The molecule has 1 saturated heterocycles. The zero-order valence-corrected chi connectivity index (χ0v) is 15.7. The third-order valence-corrected chi connectivity index (χ3v) is 4.78. The molecule has 1 aliphatic rings. The fourth-order valence-corrected chi connectivity index (χ4v) is 3.33. The number of ether oxygens (including phenoxy) is 2. The highest BCUT2D eigenvalue weighted by Gasteiger charge is 2.29. The second-order valence-electron chi connectivity index (χ2n) is 6.87. The van der Waals surface area contributed by atoms with Crippen molar-refractivity contribution in [1.82, 2.24) is 19.9 Å². The molecule has 0 bridgehead atoms. The van der Waals surface area contributed by atoms with Gasteiger partial charge < -0.3 is 9.47 Å². The molecule has 1 unspecified atom stereocenters. The Morgan fingerprint density at radius 1 is 1.11 bits per heavy atom. The molecule has 0 saturated carbocycles. The van der Waals surface area contributed by atoms with Crippen molar-refractivity contribution < 1.29 is 9.47 Å². The summed E-state index contributed by atoms with van der Waals surface area (Å²) < 4.78 is 13.1. The molecule has 1 aliphatic heterocycles. The number of hydrogen-bond donors (Lipinski definition) is 0. The monoisotopic (exact) mass is 364 g/mol. The van der Waals surface area contributed by atoms with Gasteiger partial charge in [-0.3, -0.25) is 4.90 Å². The Labute approximate surface area is 159 Å². The highest BCUT2D eigenvalue weighted by atomic mass is 16.5. The number of benzene rings is 2. The number of aromatic nitrogens is 3. The van der Waals surface area contributed by atoms with Gasteiger partial charge in [0.05, 0.1) is 26.5 Å². The molecule has 3 aromatic rings. The normalized spacial score (nSPS) is 17.3. The molecule has 4 rings (SSSR count). The smallest absolute Gasteiger partial charge is 0.157 e. The van der Waals surface area contributed by atoms with E-state index >= 15 is 0 Å². The summed E-state index contributed by atoms with van der Waals surface area (Å²) in [6, 6.07) is 16.6. The van der Waals surface area contributed by atoms with Gasteiger partial charge in [0.15, 0.2) is 6.23 Å². The molecule has 6 heteroatoms. The van der Waals surface area contributed by atoms with Crippen molar-refractivity contribution in [1.29, 1.82) is 0 Å². The van der Waals surface area contributed by atoms with Crippen LogP contribution in [-0.4, -0.2) is 40.2 Å². The van der Waals surface area contributed by atoms with Crippen LogP contribution in [0.1, 0.15) is 28.6 Å². The van der Waals surface area contributed by atoms with E-state index in [1.807, 2.05) is 29.1 Å².